The molecule has 0 spiro atoms. The van der Waals surface area contributed by atoms with Crippen molar-refractivity contribution in [3.63, 3.8) is 0 Å². The first kappa shape index (κ1) is 12.5. The quantitative estimate of drug-likeness (QED) is 0.682. The van der Waals surface area contributed by atoms with Crippen molar-refractivity contribution < 1.29 is 22.0 Å². The van der Waals surface area contributed by atoms with Gasteiger partial charge in [-0.25, -0.2) is 13.6 Å². The molecule has 2 aromatic rings. The lowest BCUT2D eigenvalue weighted by Crippen LogP contribution is -2.35. The first-order valence-electron chi connectivity index (χ1n) is 4.86. The molecule has 1 heterocycles. The second-order valence-electron chi connectivity index (χ2n) is 3.74. The number of rotatable bonds is 3. The van der Waals surface area contributed by atoms with Crippen LogP contribution in [0.15, 0.2) is 27.4 Å². The van der Waals surface area contributed by atoms with Crippen LogP contribution in [0.1, 0.15) is 0 Å². The van der Waals surface area contributed by atoms with Gasteiger partial charge in [-0.1, -0.05) is 0 Å². The molecule has 4 nitrogen and oxygen atoms in total. The van der Waals surface area contributed by atoms with E-state index in [0.717, 1.165) is 0 Å². The van der Waals surface area contributed by atoms with Gasteiger partial charge < -0.3 is 10.2 Å². The molecule has 1 aromatic heterocycles. The molecule has 2 rings (SSSR count). The second kappa shape index (κ2) is 4.04. The van der Waals surface area contributed by atoms with Crippen molar-refractivity contribution in [3.8, 4) is 0 Å². The smallest absolute Gasteiger partial charge is 0.408 e. The molecule has 0 fully saturated rings. The van der Waals surface area contributed by atoms with Gasteiger partial charge in [0.2, 0.25) is 0 Å². The van der Waals surface area contributed by atoms with E-state index in [4.69, 9.17) is 5.73 Å². The minimum Gasteiger partial charge on any atom is -0.408 e. The van der Waals surface area contributed by atoms with Gasteiger partial charge in [0, 0.05) is 11.8 Å². The molecular formula is C10H8F4N2O2. The number of halogens is 4. The van der Waals surface area contributed by atoms with E-state index in [0.29, 0.717) is 4.57 Å². The summed E-state index contributed by atoms with van der Waals surface area (Å²) in [6.07, 6.45) is -3.86. The summed E-state index contributed by atoms with van der Waals surface area (Å²) in [4.78, 5) is 11.3. The average Bonchev–Trinajstić information content (AvgIpc) is 2.54. The van der Waals surface area contributed by atoms with E-state index in [1.807, 2.05) is 0 Å². The Morgan fingerprint density at radius 3 is 2.67 bits per heavy atom. The lowest BCUT2D eigenvalue weighted by Gasteiger charge is -2.14. The Kier molecular flexibility index (Phi) is 2.80. The molecule has 0 atom stereocenters. The summed E-state index contributed by atoms with van der Waals surface area (Å²) in [5.74, 6) is -5.43. The van der Waals surface area contributed by atoms with Crippen LogP contribution in [-0.4, -0.2) is 16.9 Å². The standard InChI is InChI=1S/C10H8F4N2O2/c11-8(12)10(13,14)4-16-6-2-1-5(15)3-7(6)18-9(16)17/h1-3,8H,4,15H2. The zero-order valence-electron chi connectivity index (χ0n) is 8.87. The Hall–Kier alpha value is -1.99. The summed E-state index contributed by atoms with van der Waals surface area (Å²) < 4.78 is 55.1. The predicted molar refractivity (Wildman–Crippen MR) is 55.8 cm³/mol. The van der Waals surface area contributed by atoms with Crippen molar-refractivity contribution in [1.82, 2.24) is 4.57 Å². The maximum Gasteiger partial charge on any atom is 0.420 e. The molecule has 0 unspecified atom stereocenters. The minimum atomic E-state index is -4.30. The van der Waals surface area contributed by atoms with Gasteiger partial charge in [-0.05, 0) is 12.1 Å². The Morgan fingerprint density at radius 1 is 1.39 bits per heavy atom. The molecule has 1 aromatic carbocycles. The van der Waals surface area contributed by atoms with Crippen LogP contribution in [-0.2, 0) is 6.54 Å². The Labute approximate surface area is 97.6 Å². The Morgan fingerprint density at radius 2 is 2.06 bits per heavy atom. The van der Waals surface area contributed by atoms with Crippen molar-refractivity contribution >= 4 is 16.8 Å². The molecule has 0 aliphatic carbocycles. The molecule has 0 aliphatic heterocycles. The lowest BCUT2D eigenvalue weighted by atomic mass is 10.2. The third-order valence-corrected chi connectivity index (χ3v) is 2.38. The molecule has 0 aliphatic rings. The fourth-order valence-electron chi connectivity index (χ4n) is 1.51. The highest BCUT2D eigenvalue weighted by Crippen LogP contribution is 2.26. The van der Waals surface area contributed by atoms with E-state index >= 15 is 0 Å². The number of aromatic nitrogens is 1. The summed E-state index contributed by atoms with van der Waals surface area (Å²) in [6.45, 7) is -1.44. The zero-order chi connectivity index (χ0) is 13.5. The molecule has 0 saturated heterocycles. The van der Waals surface area contributed by atoms with E-state index in [1.54, 1.807) is 0 Å². The Balaban J connectivity index is 2.52. The number of oxazole rings is 1. The molecule has 0 amide bonds. The molecule has 0 radical (unpaired) electrons. The number of nitrogen functional groups attached to an aromatic ring is 1. The van der Waals surface area contributed by atoms with Crippen molar-refractivity contribution in [2.24, 2.45) is 0 Å². The van der Waals surface area contributed by atoms with E-state index in [2.05, 4.69) is 4.42 Å². The van der Waals surface area contributed by atoms with E-state index in [9.17, 15) is 22.4 Å². The minimum absolute atomic E-state index is 0.00507. The molecule has 8 heteroatoms. The second-order valence-corrected chi connectivity index (χ2v) is 3.74. The molecule has 2 N–H and O–H groups in total. The van der Waals surface area contributed by atoms with Crippen LogP contribution in [0.4, 0.5) is 23.2 Å². The first-order chi connectivity index (χ1) is 8.31. The van der Waals surface area contributed by atoms with Crippen molar-refractivity contribution in [3.05, 3.63) is 28.7 Å². The van der Waals surface area contributed by atoms with Gasteiger partial charge in [-0.15, -0.1) is 0 Å². The highest BCUT2D eigenvalue weighted by molar-refractivity contribution is 5.76. The fourth-order valence-corrected chi connectivity index (χ4v) is 1.51. The molecule has 98 valence electrons. The summed E-state index contributed by atoms with van der Waals surface area (Å²) in [7, 11) is 0. The van der Waals surface area contributed by atoms with Gasteiger partial charge in [0.05, 0.1) is 12.1 Å². The van der Waals surface area contributed by atoms with E-state index in [1.165, 1.54) is 18.2 Å². The number of nitrogens with zero attached hydrogens (tertiary/aromatic N) is 1. The van der Waals surface area contributed by atoms with Crippen LogP contribution in [0.2, 0.25) is 0 Å². The van der Waals surface area contributed by atoms with Crippen molar-refractivity contribution in [2.45, 2.75) is 18.9 Å². The first-order valence-corrected chi connectivity index (χ1v) is 4.86. The van der Waals surface area contributed by atoms with Gasteiger partial charge in [-0.2, -0.15) is 8.78 Å². The number of alkyl halides is 4. The van der Waals surface area contributed by atoms with Crippen molar-refractivity contribution in [1.29, 1.82) is 0 Å². The van der Waals surface area contributed by atoms with Crippen LogP contribution in [0.3, 0.4) is 0 Å². The van der Waals surface area contributed by atoms with Crippen LogP contribution in [0.5, 0.6) is 0 Å². The molecular weight excluding hydrogens is 256 g/mol. The van der Waals surface area contributed by atoms with Crippen LogP contribution < -0.4 is 11.5 Å². The van der Waals surface area contributed by atoms with E-state index < -0.39 is 24.6 Å². The maximum atomic E-state index is 12.9. The number of nitrogens with two attached hydrogens (primary N) is 1. The SMILES string of the molecule is Nc1ccc2c(c1)oc(=O)n2CC(F)(F)C(F)F. The fraction of sp³-hybridized carbons (Fsp3) is 0.300. The summed E-state index contributed by atoms with van der Waals surface area (Å²) in [6, 6.07) is 3.87. The third kappa shape index (κ3) is 2.05. The van der Waals surface area contributed by atoms with Crippen molar-refractivity contribution in [2.75, 3.05) is 5.73 Å². The number of hydrogen-bond acceptors (Lipinski definition) is 3. The molecule has 18 heavy (non-hydrogen) atoms. The lowest BCUT2D eigenvalue weighted by molar-refractivity contribution is -0.137. The number of fused-ring (bicyclic) bond motifs is 1. The number of benzene rings is 1. The number of hydrogen-bond donors (Lipinski definition) is 1. The third-order valence-electron chi connectivity index (χ3n) is 2.38. The number of anilines is 1. The van der Waals surface area contributed by atoms with Gasteiger partial charge in [-0.3, -0.25) is 4.57 Å². The zero-order valence-corrected chi connectivity index (χ0v) is 8.87. The highest BCUT2D eigenvalue weighted by atomic mass is 19.3. The van der Waals surface area contributed by atoms with Gasteiger partial charge in [0.1, 0.15) is 0 Å². The highest BCUT2D eigenvalue weighted by Gasteiger charge is 2.42. The maximum absolute atomic E-state index is 12.9. The summed E-state index contributed by atoms with van der Waals surface area (Å²) in [5.41, 5.74) is 5.66. The normalized spacial score (nSPS) is 12.5. The van der Waals surface area contributed by atoms with Gasteiger partial charge in [0.25, 0.3) is 0 Å². The monoisotopic (exact) mass is 264 g/mol. The van der Waals surface area contributed by atoms with Gasteiger partial charge in [0.15, 0.2) is 5.58 Å². The summed E-state index contributed by atoms with van der Waals surface area (Å²) >= 11 is 0. The van der Waals surface area contributed by atoms with E-state index in [-0.39, 0.29) is 16.8 Å². The van der Waals surface area contributed by atoms with Gasteiger partial charge >= 0.3 is 18.1 Å². The van der Waals surface area contributed by atoms with Crippen LogP contribution in [0.25, 0.3) is 11.1 Å². The average molecular weight is 264 g/mol. The van der Waals surface area contributed by atoms with Crippen LogP contribution in [0, 0.1) is 0 Å². The largest absolute Gasteiger partial charge is 0.420 e. The molecule has 0 saturated carbocycles. The topological polar surface area (TPSA) is 61.2 Å². The van der Waals surface area contributed by atoms with Crippen LogP contribution >= 0.6 is 0 Å². The molecule has 0 bridgehead atoms. The predicted octanol–water partition coefficient (Wildman–Crippen LogP) is 2.08. The summed E-state index contributed by atoms with van der Waals surface area (Å²) in [5, 5.41) is 0. The Bertz CT molecular complexity index is 632.